The molecule has 1 aromatic rings. The molecule has 1 saturated heterocycles. The van der Waals surface area contributed by atoms with Gasteiger partial charge in [0.25, 0.3) is 0 Å². The quantitative estimate of drug-likeness (QED) is 0.675. The van der Waals surface area contributed by atoms with Crippen molar-refractivity contribution in [3.05, 3.63) is 23.5 Å². The van der Waals surface area contributed by atoms with Crippen LogP contribution in [0.15, 0.2) is 12.1 Å². The average molecular weight is 248 g/mol. The fourth-order valence-corrected chi connectivity index (χ4v) is 2.36. The van der Waals surface area contributed by atoms with Gasteiger partial charge in [-0.15, -0.1) is 0 Å². The molecule has 0 spiro atoms. The lowest BCUT2D eigenvalue weighted by Gasteiger charge is -2.23. The molecule has 0 amide bonds. The standard InChI is InChI=1S/C13H21BN2O2/c1-9(2)12-6-11(14(17)18)7-13(16-12)10-4-3-5-15-8-10/h6-7,9-10,15,17-18H,3-5,8H2,1-2H3. The molecular weight excluding hydrogens is 227 g/mol. The van der Waals surface area contributed by atoms with Crippen molar-refractivity contribution in [2.45, 2.75) is 38.5 Å². The van der Waals surface area contributed by atoms with Gasteiger partial charge in [-0.1, -0.05) is 13.8 Å². The Morgan fingerprint density at radius 2 is 2.17 bits per heavy atom. The van der Waals surface area contributed by atoms with Crippen LogP contribution >= 0.6 is 0 Å². The zero-order valence-electron chi connectivity index (χ0n) is 11.1. The SMILES string of the molecule is CC(C)c1cc(B(O)O)cc(C2CCCNC2)n1. The maximum atomic E-state index is 9.36. The first-order valence-corrected chi connectivity index (χ1v) is 6.66. The van der Waals surface area contributed by atoms with Crippen LogP contribution in [0.4, 0.5) is 0 Å². The van der Waals surface area contributed by atoms with Crippen molar-refractivity contribution in [2.24, 2.45) is 0 Å². The molecule has 1 atom stereocenters. The molecule has 1 aromatic heterocycles. The highest BCUT2D eigenvalue weighted by Crippen LogP contribution is 2.22. The van der Waals surface area contributed by atoms with Crippen molar-refractivity contribution in [1.29, 1.82) is 0 Å². The highest BCUT2D eigenvalue weighted by molar-refractivity contribution is 6.58. The maximum absolute atomic E-state index is 9.36. The van der Waals surface area contributed by atoms with Crippen LogP contribution in [0.25, 0.3) is 0 Å². The minimum Gasteiger partial charge on any atom is -0.423 e. The van der Waals surface area contributed by atoms with Crippen LogP contribution in [0.2, 0.25) is 0 Å². The molecule has 0 bridgehead atoms. The summed E-state index contributed by atoms with van der Waals surface area (Å²) in [5.41, 5.74) is 2.46. The van der Waals surface area contributed by atoms with Crippen LogP contribution < -0.4 is 10.8 Å². The fraction of sp³-hybridized carbons (Fsp3) is 0.615. The molecule has 1 aliphatic rings. The van der Waals surface area contributed by atoms with Gasteiger partial charge in [0, 0.05) is 23.9 Å². The lowest BCUT2D eigenvalue weighted by Crippen LogP contribution is -2.34. The lowest BCUT2D eigenvalue weighted by atomic mass is 9.78. The minimum atomic E-state index is -1.42. The number of nitrogens with zero attached hydrogens (tertiary/aromatic N) is 1. The van der Waals surface area contributed by atoms with E-state index >= 15 is 0 Å². The molecule has 0 aliphatic carbocycles. The predicted molar refractivity (Wildman–Crippen MR) is 73.0 cm³/mol. The Hall–Kier alpha value is -0.905. The third-order valence-electron chi connectivity index (χ3n) is 3.49. The minimum absolute atomic E-state index is 0.291. The summed E-state index contributed by atoms with van der Waals surface area (Å²) in [5, 5.41) is 22.1. The normalized spacial score (nSPS) is 20.2. The first-order valence-electron chi connectivity index (χ1n) is 6.66. The summed E-state index contributed by atoms with van der Waals surface area (Å²) in [6.45, 7) is 6.13. The van der Waals surface area contributed by atoms with Crippen molar-refractivity contribution in [3.63, 3.8) is 0 Å². The summed E-state index contributed by atoms with van der Waals surface area (Å²) in [7, 11) is -1.42. The first-order chi connectivity index (χ1) is 8.58. The van der Waals surface area contributed by atoms with E-state index in [4.69, 9.17) is 0 Å². The van der Waals surface area contributed by atoms with E-state index in [1.165, 1.54) is 0 Å². The zero-order valence-corrected chi connectivity index (χ0v) is 11.1. The monoisotopic (exact) mass is 248 g/mol. The van der Waals surface area contributed by atoms with Gasteiger partial charge >= 0.3 is 7.12 Å². The van der Waals surface area contributed by atoms with Gasteiger partial charge in [-0.2, -0.15) is 0 Å². The van der Waals surface area contributed by atoms with Crippen LogP contribution in [-0.2, 0) is 0 Å². The highest BCUT2D eigenvalue weighted by Gasteiger charge is 2.21. The van der Waals surface area contributed by atoms with Gasteiger partial charge in [-0.05, 0) is 42.9 Å². The number of hydrogen-bond donors (Lipinski definition) is 3. The largest absolute Gasteiger partial charge is 0.488 e. The fourth-order valence-electron chi connectivity index (χ4n) is 2.36. The smallest absolute Gasteiger partial charge is 0.423 e. The number of aromatic nitrogens is 1. The van der Waals surface area contributed by atoms with E-state index in [0.29, 0.717) is 17.3 Å². The van der Waals surface area contributed by atoms with Gasteiger partial charge in [0.05, 0.1) is 0 Å². The van der Waals surface area contributed by atoms with E-state index in [1.807, 2.05) is 6.07 Å². The molecule has 4 nitrogen and oxygen atoms in total. The summed E-state index contributed by atoms with van der Waals surface area (Å²) in [6.07, 6.45) is 2.26. The molecule has 1 fully saturated rings. The van der Waals surface area contributed by atoms with Gasteiger partial charge in [0.15, 0.2) is 0 Å². The molecule has 3 N–H and O–H groups in total. The molecule has 2 heterocycles. The third kappa shape index (κ3) is 3.10. The van der Waals surface area contributed by atoms with Crippen molar-refractivity contribution >= 4 is 12.6 Å². The maximum Gasteiger partial charge on any atom is 0.488 e. The molecule has 18 heavy (non-hydrogen) atoms. The van der Waals surface area contributed by atoms with E-state index in [-0.39, 0.29) is 0 Å². The molecule has 0 aromatic carbocycles. The molecule has 0 radical (unpaired) electrons. The number of nitrogens with one attached hydrogen (secondary N) is 1. The van der Waals surface area contributed by atoms with Crippen LogP contribution in [0.1, 0.15) is 49.9 Å². The Kier molecular flexibility index (Phi) is 4.38. The van der Waals surface area contributed by atoms with Gasteiger partial charge in [-0.3, -0.25) is 4.98 Å². The topological polar surface area (TPSA) is 65.4 Å². The number of rotatable bonds is 3. The summed E-state index contributed by atoms with van der Waals surface area (Å²) < 4.78 is 0. The highest BCUT2D eigenvalue weighted by atomic mass is 16.4. The van der Waals surface area contributed by atoms with E-state index in [1.54, 1.807) is 6.07 Å². The second kappa shape index (κ2) is 5.82. The first kappa shape index (κ1) is 13.5. The molecule has 1 unspecified atom stereocenters. The molecule has 5 heteroatoms. The summed E-state index contributed by atoms with van der Waals surface area (Å²) in [6, 6.07) is 3.61. The van der Waals surface area contributed by atoms with Crippen LogP contribution in [-0.4, -0.2) is 35.2 Å². The van der Waals surface area contributed by atoms with Crippen molar-refractivity contribution in [3.8, 4) is 0 Å². The van der Waals surface area contributed by atoms with Crippen LogP contribution in [0.3, 0.4) is 0 Å². The Morgan fingerprint density at radius 3 is 2.72 bits per heavy atom. The second-order valence-electron chi connectivity index (χ2n) is 5.32. The van der Waals surface area contributed by atoms with Crippen molar-refractivity contribution in [2.75, 3.05) is 13.1 Å². The molecule has 98 valence electrons. The van der Waals surface area contributed by atoms with Gasteiger partial charge in [0.1, 0.15) is 0 Å². The molecule has 0 saturated carbocycles. The summed E-state index contributed by atoms with van der Waals surface area (Å²) in [5.74, 6) is 0.675. The predicted octanol–water partition coefficient (Wildman–Crippen LogP) is 0.352. The Balaban J connectivity index is 2.32. The molecule has 2 rings (SSSR count). The van der Waals surface area contributed by atoms with E-state index in [0.717, 1.165) is 37.3 Å². The van der Waals surface area contributed by atoms with Crippen LogP contribution in [0, 0.1) is 0 Å². The number of pyridine rings is 1. The third-order valence-corrected chi connectivity index (χ3v) is 3.49. The lowest BCUT2D eigenvalue weighted by molar-refractivity contribution is 0.425. The van der Waals surface area contributed by atoms with Gasteiger partial charge in [-0.25, -0.2) is 0 Å². The zero-order chi connectivity index (χ0) is 13.1. The van der Waals surface area contributed by atoms with Crippen molar-refractivity contribution in [1.82, 2.24) is 10.3 Å². The van der Waals surface area contributed by atoms with E-state index in [9.17, 15) is 10.0 Å². The number of piperidine rings is 1. The number of hydrogen-bond acceptors (Lipinski definition) is 4. The van der Waals surface area contributed by atoms with Gasteiger partial charge < -0.3 is 15.4 Å². The van der Waals surface area contributed by atoms with E-state index in [2.05, 4.69) is 24.1 Å². The second-order valence-corrected chi connectivity index (χ2v) is 5.32. The Labute approximate surface area is 109 Å². The summed E-state index contributed by atoms with van der Waals surface area (Å²) in [4.78, 5) is 4.68. The van der Waals surface area contributed by atoms with Crippen molar-refractivity contribution < 1.29 is 10.0 Å². The van der Waals surface area contributed by atoms with Gasteiger partial charge in [0.2, 0.25) is 0 Å². The van der Waals surface area contributed by atoms with Crippen LogP contribution in [0.5, 0.6) is 0 Å². The molecule has 1 aliphatic heterocycles. The molecular formula is C13H21BN2O2. The summed E-state index contributed by atoms with van der Waals surface area (Å²) >= 11 is 0. The Bertz CT molecular complexity index is 378. The van der Waals surface area contributed by atoms with E-state index < -0.39 is 7.12 Å². The average Bonchev–Trinajstić information content (AvgIpc) is 2.39. The Morgan fingerprint density at radius 1 is 1.39 bits per heavy atom.